The molecule has 1 aromatic rings. The van der Waals surface area contributed by atoms with Crippen molar-refractivity contribution in [2.75, 3.05) is 26.4 Å². The van der Waals surface area contributed by atoms with Gasteiger partial charge >= 0.3 is 0 Å². The van der Waals surface area contributed by atoms with Crippen LogP contribution >= 0.6 is 0 Å². The molecular formula is C12H15NO3. The standard InChI is InChI=1S/C12H15NO3/c1-2-11-12(16-4-3-15-11)5-9(1)6-13-10-7-14-8-10/h1-2,5,10,13H,3-4,6-8H2. The Kier molecular flexibility index (Phi) is 2.68. The van der Waals surface area contributed by atoms with Crippen molar-refractivity contribution in [3.05, 3.63) is 23.8 Å². The Morgan fingerprint density at radius 3 is 2.69 bits per heavy atom. The van der Waals surface area contributed by atoms with Crippen LogP contribution in [-0.4, -0.2) is 32.5 Å². The molecule has 4 nitrogen and oxygen atoms in total. The van der Waals surface area contributed by atoms with E-state index in [1.54, 1.807) is 0 Å². The van der Waals surface area contributed by atoms with E-state index in [9.17, 15) is 0 Å². The lowest BCUT2D eigenvalue weighted by Crippen LogP contribution is -2.45. The van der Waals surface area contributed by atoms with Crippen LogP contribution in [0, 0.1) is 0 Å². The molecule has 0 saturated carbocycles. The zero-order chi connectivity index (χ0) is 10.8. The molecule has 0 spiro atoms. The van der Waals surface area contributed by atoms with E-state index in [4.69, 9.17) is 14.2 Å². The minimum atomic E-state index is 0.508. The summed E-state index contributed by atoms with van der Waals surface area (Å²) < 4.78 is 16.1. The Balaban J connectivity index is 1.65. The number of ether oxygens (including phenoxy) is 3. The maximum atomic E-state index is 5.53. The third-order valence-corrected chi connectivity index (χ3v) is 2.84. The lowest BCUT2D eigenvalue weighted by Gasteiger charge is -2.27. The second-order valence-electron chi connectivity index (χ2n) is 4.09. The van der Waals surface area contributed by atoms with Crippen molar-refractivity contribution in [2.24, 2.45) is 0 Å². The molecular weight excluding hydrogens is 206 g/mol. The fourth-order valence-corrected chi connectivity index (χ4v) is 1.81. The molecule has 0 atom stereocenters. The van der Waals surface area contributed by atoms with Crippen LogP contribution in [0.3, 0.4) is 0 Å². The lowest BCUT2D eigenvalue weighted by molar-refractivity contribution is -0.00579. The van der Waals surface area contributed by atoms with Gasteiger partial charge in [0.25, 0.3) is 0 Å². The molecule has 2 heterocycles. The van der Waals surface area contributed by atoms with Gasteiger partial charge in [-0.1, -0.05) is 6.07 Å². The Labute approximate surface area is 94.5 Å². The van der Waals surface area contributed by atoms with E-state index in [1.807, 2.05) is 12.1 Å². The normalized spacial score (nSPS) is 19.2. The Morgan fingerprint density at radius 2 is 1.94 bits per heavy atom. The second kappa shape index (κ2) is 4.31. The average Bonchev–Trinajstić information content (AvgIpc) is 2.27. The lowest BCUT2D eigenvalue weighted by atomic mass is 10.1. The first-order valence-corrected chi connectivity index (χ1v) is 5.61. The predicted octanol–water partition coefficient (Wildman–Crippen LogP) is 0.946. The molecule has 0 aliphatic carbocycles. The molecule has 0 bridgehead atoms. The quantitative estimate of drug-likeness (QED) is 0.824. The summed E-state index contributed by atoms with van der Waals surface area (Å²) in [5, 5.41) is 3.42. The highest BCUT2D eigenvalue weighted by atomic mass is 16.6. The molecule has 1 saturated heterocycles. The summed E-state index contributed by atoms with van der Waals surface area (Å²) in [7, 11) is 0. The van der Waals surface area contributed by atoms with Crippen LogP contribution in [0.1, 0.15) is 5.56 Å². The van der Waals surface area contributed by atoms with Crippen LogP contribution in [0.4, 0.5) is 0 Å². The van der Waals surface area contributed by atoms with Crippen molar-refractivity contribution in [3.63, 3.8) is 0 Å². The maximum absolute atomic E-state index is 5.53. The van der Waals surface area contributed by atoms with Gasteiger partial charge in [-0.05, 0) is 17.7 Å². The topological polar surface area (TPSA) is 39.7 Å². The average molecular weight is 221 g/mol. The van der Waals surface area contributed by atoms with E-state index in [0.29, 0.717) is 19.3 Å². The third kappa shape index (κ3) is 1.99. The largest absolute Gasteiger partial charge is 0.486 e. The zero-order valence-electron chi connectivity index (χ0n) is 9.07. The predicted molar refractivity (Wildman–Crippen MR) is 58.9 cm³/mol. The number of hydrogen-bond donors (Lipinski definition) is 1. The number of benzene rings is 1. The minimum absolute atomic E-state index is 0.508. The molecule has 0 aromatic heterocycles. The third-order valence-electron chi connectivity index (χ3n) is 2.84. The van der Waals surface area contributed by atoms with E-state index < -0.39 is 0 Å². The molecule has 16 heavy (non-hydrogen) atoms. The molecule has 2 aliphatic rings. The van der Waals surface area contributed by atoms with Crippen molar-refractivity contribution >= 4 is 0 Å². The van der Waals surface area contributed by atoms with E-state index in [2.05, 4.69) is 11.4 Å². The van der Waals surface area contributed by atoms with Crippen LogP contribution in [0.2, 0.25) is 0 Å². The highest BCUT2D eigenvalue weighted by Crippen LogP contribution is 2.30. The van der Waals surface area contributed by atoms with Gasteiger partial charge < -0.3 is 19.5 Å². The molecule has 1 aromatic carbocycles. The van der Waals surface area contributed by atoms with E-state index in [-0.39, 0.29) is 0 Å². The van der Waals surface area contributed by atoms with Crippen LogP contribution < -0.4 is 14.8 Å². The maximum Gasteiger partial charge on any atom is 0.161 e. The smallest absolute Gasteiger partial charge is 0.161 e. The summed E-state index contributed by atoms with van der Waals surface area (Å²) >= 11 is 0. The Bertz CT molecular complexity index is 377. The molecule has 1 fully saturated rings. The molecule has 2 aliphatic heterocycles. The summed E-state index contributed by atoms with van der Waals surface area (Å²) in [5.74, 6) is 1.71. The van der Waals surface area contributed by atoms with Crippen molar-refractivity contribution in [2.45, 2.75) is 12.6 Å². The van der Waals surface area contributed by atoms with E-state index in [1.165, 1.54) is 5.56 Å². The number of nitrogens with one attached hydrogen (secondary N) is 1. The van der Waals surface area contributed by atoms with Gasteiger partial charge in [0.15, 0.2) is 11.5 Å². The SMILES string of the molecule is c1cc2c(cc1CNC1COC1)OCCO2. The second-order valence-corrected chi connectivity index (χ2v) is 4.09. The first-order valence-electron chi connectivity index (χ1n) is 5.61. The molecule has 3 rings (SSSR count). The van der Waals surface area contributed by atoms with Gasteiger partial charge in [-0.2, -0.15) is 0 Å². The summed E-state index contributed by atoms with van der Waals surface area (Å²) in [5.41, 5.74) is 1.22. The van der Waals surface area contributed by atoms with Gasteiger partial charge in [0.1, 0.15) is 13.2 Å². The molecule has 0 unspecified atom stereocenters. The van der Waals surface area contributed by atoms with Crippen molar-refractivity contribution < 1.29 is 14.2 Å². The molecule has 4 heteroatoms. The van der Waals surface area contributed by atoms with E-state index in [0.717, 1.165) is 31.3 Å². The summed E-state index contributed by atoms with van der Waals surface area (Å²) in [6.45, 7) is 3.78. The van der Waals surface area contributed by atoms with Crippen molar-refractivity contribution in [1.82, 2.24) is 5.32 Å². The Morgan fingerprint density at radius 1 is 1.12 bits per heavy atom. The fraction of sp³-hybridized carbons (Fsp3) is 0.500. The first kappa shape index (κ1) is 9.93. The molecule has 86 valence electrons. The van der Waals surface area contributed by atoms with Gasteiger partial charge in [-0.15, -0.1) is 0 Å². The highest BCUT2D eigenvalue weighted by Gasteiger charge is 2.17. The van der Waals surface area contributed by atoms with E-state index >= 15 is 0 Å². The highest BCUT2D eigenvalue weighted by molar-refractivity contribution is 5.43. The number of rotatable bonds is 3. The molecule has 0 amide bonds. The van der Waals surface area contributed by atoms with Crippen LogP contribution in [-0.2, 0) is 11.3 Å². The minimum Gasteiger partial charge on any atom is -0.486 e. The molecule has 0 radical (unpaired) electrons. The van der Waals surface area contributed by atoms with Crippen molar-refractivity contribution in [3.8, 4) is 11.5 Å². The summed E-state index contributed by atoms with van der Waals surface area (Å²) in [6.07, 6.45) is 0. The van der Waals surface area contributed by atoms with Gasteiger partial charge in [0, 0.05) is 6.54 Å². The zero-order valence-corrected chi connectivity index (χ0v) is 9.07. The van der Waals surface area contributed by atoms with Gasteiger partial charge in [-0.3, -0.25) is 0 Å². The van der Waals surface area contributed by atoms with Gasteiger partial charge in [-0.25, -0.2) is 0 Å². The fourth-order valence-electron chi connectivity index (χ4n) is 1.81. The van der Waals surface area contributed by atoms with Crippen LogP contribution in [0.15, 0.2) is 18.2 Å². The molecule has 1 N–H and O–H groups in total. The van der Waals surface area contributed by atoms with Gasteiger partial charge in [0.2, 0.25) is 0 Å². The monoisotopic (exact) mass is 221 g/mol. The number of hydrogen-bond acceptors (Lipinski definition) is 4. The number of fused-ring (bicyclic) bond motifs is 1. The van der Waals surface area contributed by atoms with Crippen LogP contribution in [0.5, 0.6) is 11.5 Å². The summed E-state index contributed by atoms with van der Waals surface area (Å²) in [6, 6.07) is 6.59. The van der Waals surface area contributed by atoms with Gasteiger partial charge in [0.05, 0.1) is 19.3 Å². The van der Waals surface area contributed by atoms with Crippen LogP contribution in [0.25, 0.3) is 0 Å². The summed E-state index contributed by atoms with van der Waals surface area (Å²) in [4.78, 5) is 0. The Hall–Kier alpha value is -1.26. The first-order chi connectivity index (χ1) is 7.92. The van der Waals surface area contributed by atoms with Crippen molar-refractivity contribution in [1.29, 1.82) is 0 Å².